The van der Waals surface area contributed by atoms with Crippen LogP contribution in [0.4, 0.5) is 11.5 Å². The average molecular weight is 442 g/mol. The summed E-state index contributed by atoms with van der Waals surface area (Å²) < 4.78 is 11.2. The van der Waals surface area contributed by atoms with Gasteiger partial charge in [0.15, 0.2) is 0 Å². The van der Waals surface area contributed by atoms with Crippen LogP contribution in [0.5, 0.6) is 5.75 Å². The monoisotopic (exact) mass is 441 g/mol. The lowest BCUT2D eigenvalue weighted by Gasteiger charge is -2.15. The van der Waals surface area contributed by atoms with Crippen LogP contribution in [0.1, 0.15) is 42.6 Å². The van der Waals surface area contributed by atoms with Gasteiger partial charge >= 0.3 is 0 Å². The molecule has 0 unspecified atom stereocenters. The van der Waals surface area contributed by atoms with Crippen molar-refractivity contribution in [1.82, 2.24) is 20.1 Å². The van der Waals surface area contributed by atoms with Crippen LogP contribution in [0.25, 0.3) is 33.1 Å². The summed E-state index contributed by atoms with van der Waals surface area (Å²) in [6.07, 6.45) is 0. The SMILES string of the molecule is COc1cc2c(cc1-c1c(C)noc1C)[nH]c1nc(C)nc(Nc3ccccc3C(C)C)c12. The van der Waals surface area contributed by atoms with Crippen LogP contribution >= 0.6 is 0 Å². The number of H-pyrrole nitrogens is 1. The van der Waals surface area contributed by atoms with Gasteiger partial charge in [0.1, 0.15) is 28.8 Å². The summed E-state index contributed by atoms with van der Waals surface area (Å²) in [5.74, 6) is 3.34. The molecule has 0 radical (unpaired) electrons. The second-order valence-electron chi connectivity index (χ2n) is 8.63. The Labute approximate surface area is 192 Å². The molecule has 0 bridgehead atoms. The van der Waals surface area contributed by atoms with Crippen molar-refractivity contribution >= 4 is 33.4 Å². The molecule has 0 amide bonds. The molecular weight excluding hydrogens is 414 g/mol. The Balaban J connectivity index is 1.75. The third kappa shape index (κ3) is 3.50. The van der Waals surface area contributed by atoms with E-state index < -0.39 is 0 Å². The van der Waals surface area contributed by atoms with Gasteiger partial charge in [0, 0.05) is 22.2 Å². The van der Waals surface area contributed by atoms with Crippen LogP contribution in [-0.2, 0) is 0 Å². The van der Waals surface area contributed by atoms with Gasteiger partial charge in [-0.2, -0.15) is 0 Å². The lowest BCUT2D eigenvalue weighted by Crippen LogP contribution is -2.02. The quantitative estimate of drug-likeness (QED) is 0.321. The first-order valence-electron chi connectivity index (χ1n) is 11.0. The minimum atomic E-state index is 0.382. The number of aromatic amines is 1. The summed E-state index contributed by atoms with van der Waals surface area (Å²) in [7, 11) is 1.68. The molecule has 0 saturated carbocycles. The first-order chi connectivity index (χ1) is 15.9. The number of ether oxygens (including phenoxy) is 1. The maximum atomic E-state index is 5.79. The molecule has 2 aromatic carbocycles. The fourth-order valence-corrected chi connectivity index (χ4v) is 4.50. The number of hydrogen-bond acceptors (Lipinski definition) is 6. The molecule has 3 aromatic heterocycles. The summed E-state index contributed by atoms with van der Waals surface area (Å²) in [6.45, 7) is 10.1. The molecule has 33 heavy (non-hydrogen) atoms. The molecule has 0 aliphatic rings. The molecule has 0 fully saturated rings. The van der Waals surface area contributed by atoms with E-state index >= 15 is 0 Å². The number of anilines is 2. The van der Waals surface area contributed by atoms with Gasteiger partial charge in [0.05, 0.1) is 23.8 Å². The van der Waals surface area contributed by atoms with Crippen LogP contribution < -0.4 is 10.1 Å². The predicted octanol–water partition coefficient (Wildman–Crippen LogP) is 6.57. The number of fused-ring (bicyclic) bond motifs is 3. The first kappa shape index (κ1) is 21.0. The van der Waals surface area contributed by atoms with Crippen molar-refractivity contribution < 1.29 is 9.26 Å². The van der Waals surface area contributed by atoms with Gasteiger partial charge in [-0.25, -0.2) is 9.97 Å². The fourth-order valence-electron chi connectivity index (χ4n) is 4.50. The van der Waals surface area contributed by atoms with Crippen LogP contribution in [0.2, 0.25) is 0 Å². The van der Waals surface area contributed by atoms with Gasteiger partial charge in [-0.15, -0.1) is 0 Å². The summed E-state index contributed by atoms with van der Waals surface area (Å²) >= 11 is 0. The Kier molecular flexibility index (Phi) is 5.04. The van der Waals surface area contributed by atoms with E-state index in [1.807, 2.05) is 32.9 Å². The number of benzene rings is 2. The minimum Gasteiger partial charge on any atom is -0.496 e. The van der Waals surface area contributed by atoms with Crippen molar-refractivity contribution in [3.05, 3.63) is 59.2 Å². The molecule has 5 rings (SSSR count). The van der Waals surface area contributed by atoms with E-state index in [-0.39, 0.29) is 0 Å². The predicted molar refractivity (Wildman–Crippen MR) is 131 cm³/mol. The number of aromatic nitrogens is 4. The number of methoxy groups -OCH3 is 1. The molecule has 0 aliphatic carbocycles. The Bertz CT molecular complexity index is 1480. The lowest BCUT2D eigenvalue weighted by molar-refractivity contribution is 0.393. The number of para-hydroxylation sites is 1. The standard InChI is InChI=1S/C26H27N5O2/c1-13(2)17-9-7-8-10-20(17)29-25-24-18-12-22(32-6)19(23-14(3)31-33-15(23)4)11-21(18)30-26(24)28-16(5)27-25/h7-13H,1-6H3,(H2,27,28,29,30). The maximum Gasteiger partial charge on any atom is 0.144 e. The van der Waals surface area contributed by atoms with Gasteiger partial charge in [-0.05, 0) is 50.5 Å². The van der Waals surface area contributed by atoms with Gasteiger partial charge in [-0.1, -0.05) is 37.2 Å². The second-order valence-corrected chi connectivity index (χ2v) is 8.63. The van der Waals surface area contributed by atoms with E-state index in [4.69, 9.17) is 14.2 Å². The van der Waals surface area contributed by atoms with Gasteiger partial charge in [0.2, 0.25) is 0 Å². The Morgan fingerprint density at radius 1 is 1.06 bits per heavy atom. The third-order valence-electron chi connectivity index (χ3n) is 6.02. The van der Waals surface area contributed by atoms with E-state index in [2.05, 4.69) is 58.6 Å². The largest absolute Gasteiger partial charge is 0.496 e. The highest BCUT2D eigenvalue weighted by Crippen LogP contribution is 2.41. The summed E-state index contributed by atoms with van der Waals surface area (Å²) in [5.41, 5.74) is 6.70. The maximum absolute atomic E-state index is 5.79. The number of nitrogens with one attached hydrogen (secondary N) is 2. The summed E-state index contributed by atoms with van der Waals surface area (Å²) in [5, 5.41) is 9.61. The number of hydrogen-bond donors (Lipinski definition) is 2. The molecule has 168 valence electrons. The second kappa shape index (κ2) is 7.92. The van der Waals surface area contributed by atoms with Crippen LogP contribution in [0.15, 0.2) is 40.9 Å². The zero-order valence-corrected chi connectivity index (χ0v) is 19.7. The Morgan fingerprint density at radius 3 is 2.55 bits per heavy atom. The Morgan fingerprint density at radius 2 is 1.85 bits per heavy atom. The van der Waals surface area contributed by atoms with Crippen molar-refractivity contribution in [2.24, 2.45) is 0 Å². The number of aryl methyl sites for hydroxylation is 3. The van der Waals surface area contributed by atoms with Crippen molar-refractivity contribution in [1.29, 1.82) is 0 Å². The third-order valence-corrected chi connectivity index (χ3v) is 6.02. The first-order valence-corrected chi connectivity index (χ1v) is 11.0. The van der Waals surface area contributed by atoms with Crippen LogP contribution in [-0.4, -0.2) is 27.2 Å². The highest BCUT2D eigenvalue weighted by molar-refractivity contribution is 6.13. The molecule has 0 atom stereocenters. The minimum absolute atomic E-state index is 0.382. The zero-order chi connectivity index (χ0) is 23.3. The van der Waals surface area contributed by atoms with Crippen molar-refractivity contribution in [2.45, 2.75) is 40.5 Å². The normalized spacial score (nSPS) is 11.6. The Hall–Kier alpha value is -3.87. The average Bonchev–Trinajstić information content (AvgIpc) is 3.31. The van der Waals surface area contributed by atoms with Crippen molar-refractivity contribution in [3.8, 4) is 16.9 Å². The van der Waals surface area contributed by atoms with E-state index in [9.17, 15) is 0 Å². The molecule has 7 nitrogen and oxygen atoms in total. The molecular formula is C26H27N5O2. The summed E-state index contributed by atoms with van der Waals surface area (Å²) in [6, 6.07) is 12.4. The van der Waals surface area contributed by atoms with E-state index in [0.29, 0.717) is 11.7 Å². The molecule has 0 spiro atoms. The van der Waals surface area contributed by atoms with E-state index in [0.717, 1.165) is 61.8 Å². The van der Waals surface area contributed by atoms with E-state index in [1.54, 1.807) is 7.11 Å². The van der Waals surface area contributed by atoms with E-state index in [1.165, 1.54) is 5.56 Å². The number of rotatable bonds is 5. The number of nitrogens with zero attached hydrogens (tertiary/aromatic N) is 3. The van der Waals surface area contributed by atoms with Crippen molar-refractivity contribution in [3.63, 3.8) is 0 Å². The zero-order valence-electron chi connectivity index (χ0n) is 19.7. The molecule has 2 N–H and O–H groups in total. The fraction of sp³-hybridized carbons (Fsp3) is 0.269. The highest BCUT2D eigenvalue weighted by atomic mass is 16.5. The molecule has 0 saturated heterocycles. The van der Waals surface area contributed by atoms with Gasteiger partial charge in [0.25, 0.3) is 0 Å². The molecule has 0 aliphatic heterocycles. The van der Waals surface area contributed by atoms with Crippen molar-refractivity contribution in [2.75, 3.05) is 12.4 Å². The molecule has 3 heterocycles. The highest BCUT2D eigenvalue weighted by Gasteiger charge is 2.21. The molecule has 5 aromatic rings. The lowest BCUT2D eigenvalue weighted by atomic mass is 10.0. The van der Waals surface area contributed by atoms with Crippen LogP contribution in [0, 0.1) is 20.8 Å². The van der Waals surface area contributed by atoms with Gasteiger partial charge in [-0.3, -0.25) is 0 Å². The smallest absolute Gasteiger partial charge is 0.144 e. The molecule has 7 heteroatoms. The van der Waals surface area contributed by atoms with Crippen LogP contribution in [0.3, 0.4) is 0 Å². The summed E-state index contributed by atoms with van der Waals surface area (Å²) in [4.78, 5) is 12.9. The van der Waals surface area contributed by atoms with Gasteiger partial charge < -0.3 is 19.6 Å². The topological polar surface area (TPSA) is 88.9 Å².